The SMILES string of the molecule is CC1(C)OB(c2cccc3c2-c2ccccc2C32c3ccccc3-c3ccccc32)OC1(C)C. The zero-order valence-electron chi connectivity index (χ0n) is 20.1. The first-order valence-electron chi connectivity index (χ1n) is 12.1. The fourth-order valence-corrected chi connectivity index (χ4v) is 6.34. The molecule has 34 heavy (non-hydrogen) atoms. The van der Waals surface area contributed by atoms with Gasteiger partial charge in [-0.05, 0) is 77.7 Å². The predicted octanol–water partition coefficient (Wildman–Crippen LogP) is 6.33. The second kappa shape index (κ2) is 6.50. The van der Waals surface area contributed by atoms with E-state index in [4.69, 9.17) is 9.31 Å². The van der Waals surface area contributed by atoms with Crippen molar-refractivity contribution >= 4 is 12.6 Å². The molecule has 1 spiro atoms. The molecule has 3 heteroatoms. The summed E-state index contributed by atoms with van der Waals surface area (Å²) in [7, 11) is -0.407. The first-order chi connectivity index (χ1) is 16.4. The number of rotatable bonds is 1. The van der Waals surface area contributed by atoms with Crippen LogP contribution in [0.3, 0.4) is 0 Å². The van der Waals surface area contributed by atoms with Gasteiger partial charge in [0.2, 0.25) is 0 Å². The Hall–Kier alpha value is -3.14. The van der Waals surface area contributed by atoms with Gasteiger partial charge in [0.05, 0.1) is 16.6 Å². The molecule has 4 aromatic rings. The van der Waals surface area contributed by atoms with Gasteiger partial charge in [0.25, 0.3) is 0 Å². The molecule has 0 bridgehead atoms. The Morgan fingerprint density at radius 3 is 1.50 bits per heavy atom. The molecule has 0 radical (unpaired) electrons. The zero-order chi connectivity index (χ0) is 23.3. The maximum atomic E-state index is 6.56. The van der Waals surface area contributed by atoms with Gasteiger partial charge in [0.15, 0.2) is 0 Å². The molecule has 7 rings (SSSR count). The van der Waals surface area contributed by atoms with Crippen molar-refractivity contribution in [3.05, 3.63) is 113 Å². The zero-order valence-corrected chi connectivity index (χ0v) is 20.1. The highest BCUT2D eigenvalue weighted by molar-refractivity contribution is 6.64. The second-order valence-electron chi connectivity index (χ2n) is 10.7. The van der Waals surface area contributed by atoms with E-state index in [1.54, 1.807) is 0 Å². The lowest BCUT2D eigenvalue weighted by atomic mass is 9.69. The van der Waals surface area contributed by atoms with Gasteiger partial charge < -0.3 is 9.31 Å². The van der Waals surface area contributed by atoms with Crippen molar-refractivity contribution in [2.75, 3.05) is 0 Å². The van der Waals surface area contributed by atoms with Crippen LogP contribution in [0.25, 0.3) is 22.3 Å². The smallest absolute Gasteiger partial charge is 0.399 e. The lowest BCUT2D eigenvalue weighted by molar-refractivity contribution is 0.00578. The minimum Gasteiger partial charge on any atom is -0.399 e. The van der Waals surface area contributed by atoms with E-state index >= 15 is 0 Å². The highest BCUT2D eigenvalue weighted by Gasteiger charge is 2.56. The highest BCUT2D eigenvalue weighted by Crippen LogP contribution is 2.62. The van der Waals surface area contributed by atoms with E-state index in [0.29, 0.717) is 0 Å². The molecule has 0 unspecified atom stereocenters. The van der Waals surface area contributed by atoms with Crippen LogP contribution in [0.2, 0.25) is 0 Å². The van der Waals surface area contributed by atoms with Gasteiger partial charge >= 0.3 is 7.12 Å². The number of hydrogen-bond donors (Lipinski definition) is 0. The summed E-state index contributed by atoms with van der Waals surface area (Å²) in [5.74, 6) is 0. The van der Waals surface area contributed by atoms with Gasteiger partial charge in [-0.3, -0.25) is 0 Å². The standard InChI is InChI=1S/C31H27BO2/c1-29(2)30(3,4)34-32(33-29)27-19-11-18-26-28(27)22-14-7-10-17-25(22)31(26)23-15-8-5-12-20(23)21-13-6-9-16-24(21)31/h5-19H,1-4H3. The Bertz CT molecular complexity index is 1420. The predicted molar refractivity (Wildman–Crippen MR) is 138 cm³/mol. The van der Waals surface area contributed by atoms with E-state index in [1.165, 1.54) is 44.5 Å². The molecule has 4 aromatic carbocycles. The van der Waals surface area contributed by atoms with E-state index in [0.717, 1.165) is 5.46 Å². The van der Waals surface area contributed by atoms with Gasteiger partial charge in [-0.2, -0.15) is 0 Å². The number of hydrogen-bond acceptors (Lipinski definition) is 2. The minimum atomic E-state index is -0.407. The summed E-state index contributed by atoms with van der Waals surface area (Å²) in [6.07, 6.45) is 0. The first-order valence-corrected chi connectivity index (χ1v) is 12.1. The molecule has 0 saturated carbocycles. The molecule has 0 atom stereocenters. The third-order valence-corrected chi connectivity index (χ3v) is 8.56. The summed E-state index contributed by atoms with van der Waals surface area (Å²) in [5.41, 5.74) is 10.5. The van der Waals surface area contributed by atoms with Crippen LogP contribution in [0.15, 0.2) is 91.0 Å². The molecule has 0 amide bonds. The molecule has 166 valence electrons. The van der Waals surface area contributed by atoms with Crippen molar-refractivity contribution in [1.29, 1.82) is 0 Å². The lowest BCUT2D eigenvalue weighted by Crippen LogP contribution is -2.41. The Morgan fingerprint density at radius 2 is 0.941 bits per heavy atom. The number of benzene rings is 4. The van der Waals surface area contributed by atoms with Crippen LogP contribution in [0.1, 0.15) is 49.9 Å². The van der Waals surface area contributed by atoms with Crippen LogP contribution in [0, 0.1) is 0 Å². The van der Waals surface area contributed by atoms with Crippen molar-refractivity contribution in [3.63, 3.8) is 0 Å². The van der Waals surface area contributed by atoms with Crippen LogP contribution >= 0.6 is 0 Å². The van der Waals surface area contributed by atoms with Gasteiger partial charge in [0.1, 0.15) is 0 Å². The van der Waals surface area contributed by atoms with Crippen LogP contribution in [0.5, 0.6) is 0 Å². The van der Waals surface area contributed by atoms with E-state index in [-0.39, 0.29) is 16.6 Å². The highest BCUT2D eigenvalue weighted by atomic mass is 16.7. The normalized spacial score (nSPS) is 19.6. The Labute approximate surface area is 201 Å². The molecular weight excluding hydrogens is 415 g/mol. The molecule has 2 aliphatic carbocycles. The average Bonchev–Trinajstić information content (AvgIpc) is 3.39. The summed E-state index contributed by atoms with van der Waals surface area (Å²) in [6.45, 7) is 8.48. The third kappa shape index (κ3) is 2.29. The van der Waals surface area contributed by atoms with Crippen molar-refractivity contribution in [3.8, 4) is 22.3 Å². The summed E-state index contributed by atoms with van der Waals surface area (Å²) in [6, 6.07) is 33.4. The topological polar surface area (TPSA) is 18.5 Å². The van der Waals surface area contributed by atoms with Crippen molar-refractivity contribution in [1.82, 2.24) is 0 Å². The van der Waals surface area contributed by atoms with Crippen molar-refractivity contribution in [2.45, 2.75) is 44.3 Å². The van der Waals surface area contributed by atoms with E-state index in [1.807, 2.05) is 0 Å². The molecule has 1 aliphatic heterocycles. The number of fused-ring (bicyclic) bond motifs is 10. The van der Waals surface area contributed by atoms with Gasteiger partial charge in [-0.15, -0.1) is 0 Å². The Balaban J connectivity index is 1.57. The second-order valence-corrected chi connectivity index (χ2v) is 10.7. The Morgan fingerprint density at radius 1 is 0.500 bits per heavy atom. The third-order valence-electron chi connectivity index (χ3n) is 8.56. The van der Waals surface area contributed by atoms with Crippen molar-refractivity contribution < 1.29 is 9.31 Å². The molecule has 1 saturated heterocycles. The molecular formula is C31H27BO2. The average molecular weight is 442 g/mol. The molecule has 1 heterocycles. The van der Waals surface area contributed by atoms with Gasteiger partial charge in [0, 0.05) is 0 Å². The monoisotopic (exact) mass is 442 g/mol. The molecule has 0 N–H and O–H groups in total. The molecule has 2 nitrogen and oxygen atoms in total. The Kier molecular flexibility index (Phi) is 3.87. The lowest BCUT2D eigenvalue weighted by Gasteiger charge is -2.32. The van der Waals surface area contributed by atoms with Crippen LogP contribution in [-0.2, 0) is 14.7 Å². The van der Waals surface area contributed by atoms with Gasteiger partial charge in [-0.1, -0.05) is 91.0 Å². The van der Waals surface area contributed by atoms with E-state index in [2.05, 4.69) is 119 Å². The van der Waals surface area contributed by atoms with Crippen molar-refractivity contribution in [2.24, 2.45) is 0 Å². The van der Waals surface area contributed by atoms with Gasteiger partial charge in [-0.25, -0.2) is 0 Å². The summed E-state index contributed by atoms with van der Waals surface area (Å²) in [4.78, 5) is 0. The minimum absolute atomic E-state index is 0.335. The van der Waals surface area contributed by atoms with Crippen LogP contribution in [-0.4, -0.2) is 18.3 Å². The summed E-state index contributed by atoms with van der Waals surface area (Å²) >= 11 is 0. The summed E-state index contributed by atoms with van der Waals surface area (Å²) < 4.78 is 13.1. The fourth-order valence-electron chi connectivity index (χ4n) is 6.34. The quantitative estimate of drug-likeness (QED) is 0.277. The van der Waals surface area contributed by atoms with E-state index in [9.17, 15) is 0 Å². The maximum absolute atomic E-state index is 6.56. The first kappa shape index (κ1) is 20.3. The summed E-state index contributed by atoms with van der Waals surface area (Å²) in [5, 5.41) is 0. The van der Waals surface area contributed by atoms with Crippen LogP contribution in [0.4, 0.5) is 0 Å². The molecule has 3 aliphatic rings. The maximum Gasteiger partial charge on any atom is 0.495 e. The van der Waals surface area contributed by atoms with Crippen LogP contribution < -0.4 is 5.46 Å². The van der Waals surface area contributed by atoms with E-state index < -0.39 is 7.12 Å². The molecule has 1 fully saturated rings. The largest absolute Gasteiger partial charge is 0.495 e. The fraction of sp³-hybridized carbons (Fsp3) is 0.226. The molecule has 0 aromatic heterocycles.